The number of hydrogen-bond donors (Lipinski definition) is 1. The highest BCUT2D eigenvalue weighted by Crippen LogP contribution is 2.23. The Balaban J connectivity index is 1.60. The Labute approximate surface area is 241 Å². The molecule has 0 spiro atoms. The first-order chi connectivity index (χ1) is 19.3. The van der Waals surface area contributed by atoms with E-state index in [0.717, 1.165) is 30.9 Å². The molecule has 216 valence electrons. The molecule has 2 heterocycles. The number of anilines is 1. The number of rotatable bonds is 13. The van der Waals surface area contributed by atoms with E-state index in [1.807, 2.05) is 29.2 Å². The van der Waals surface area contributed by atoms with Crippen molar-refractivity contribution in [2.45, 2.75) is 42.9 Å². The standard InChI is InChI=1S/C28H36N4O6S2/c1-35-15-13-32-23(17-29-28(32)40(33,34)20-21-6-4-7-25(16-21)37-3)18-31(19-26-8-5-14-38-26)27(39)30-22-9-11-24(36-2)12-10-22/h4,6-7,9-12,16-17,26H,5,8,13-15,18-20H2,1-3H3,(H,30,39)/t26-/m0/s1. The summed E-state index contributed by atoms with van der Waals surface area (Å²) in [6.45, 7) is 2.27. The number of sulfone groups is 1. The molecular weight excluding hydrogens is 552 g/mol. The van der Waals surface area contributed by atoms with E-state index in [1.54, 1.807) is 56.4 Å². The first kappa shape index (κ1) is 29.8. The highest BCUT2D eigenvalue weighted by Gasteiger charge is 2.27. The predicted octanol–water partition coefficient (Wildman–Crippen LogP) is 3.90. The van der Waals surface area contributed by atoms with Crippen molar-refractivity contribution >= 4 is 32.9 Å². The maximum Gasteiger partial charge on any atom is 0.228 e. The smallest absolute Gasteiger partial charge is 0.228 e. The van der Waals surface area contributed by atoms with Gasteiger partial charge in [-0.05, 0) is 67.0 Å². The quantitative estimate of drug-likeness (QED) is 0.296. The average Bonchev–Trinajstić information content (AvgIpc) is 3.62. The number of thiocarbonyl (C=S) groups is 1. The third-order valence-electron chi connectivity index (χ3n) is 6.62. The molecule has 0 aliphatic carbocycles. The zero-order chi connectivity index (χ0) is 28.5. The molecule has 1 N–H and O–H groups in total. The highest BCUT2D eigenvalue weighted by atomic mass is 32.2. The highest BCUT2D eigenvalue weighted by molar-refractivity contribution is 7.90. The van der Waals surface area contributed by atoms with Gasteiger partial charge in [-0.1, -0.05) is 12.1 Å². The number of nitrogens with one attached hydrogen (secondary N) is 1. The Bertz CT molecular complexity index is 1370. The molecule has 10 nitrogen and oxygen atoms in total. The minimum Gasteiger partial charge on any atom is -0.497 e. The number of aromatic nitrogens is 2. The van der Waals surface area contributed by atoms with Crippen LogP contribution in [-0.4, -0.2) is 75.2 Å². The van der Waals surface area contributed by atoms with Crippen LogP contribution in [0.5, 0.6) is 11.5 Å². The Morgan fingerprint density at radius 3 is 2.60 bits per heavy atom. The molecule has 1 saturated heterocycles. The molecule has 0 radical (unpaired) electrons. The molecule has 12 heteroatoms. The number of benzene rings is 2. The summed E-state index contributed by atoms with van der Waals surface area (Å²) in [6, 6.07) is 14.5. The molecule has 3 aromatic rings. The Hall–Kier alpha value is -3.19. The maximum atomic E-state index is 13.5. The van der Waals surface area contributed by atoms with Crippen LogP contribution in [0.25, 0.3) is 0 Å². The van der Waals surface area contributed by atoms with Gasteiger partial charge >= 0.3 is 0 Å². The van der Waals surface area contributed by atoms with Crippen molar-refractivity contribution in [3.63, 3.8) is 0 Å². The third-order valence-corrected chi connectivity index (χ3v) is 8.57. The second-order valence-corrected chi connectivity index (χ2v) is 11.7. The lowest BCUT2D eigenvalue weighted by molar-refractivity contribution is 0.0899. The molecule has 0 bridgehead atoms. The van der Waals surface area contributed by atoms with Crippen LogP contribution >= 0.6 is 12.2 Å². The van der Waals surface area contributed by atoms with Crippen LogP contribution in [0.3, 0.4) is 0 Å². The number of nitrogens with zero attached hydrogens (tertiary/aromatic N) is 3. The van der Waals surface area contributed by atoms with Crippen molar-refractivity contribution < 1.29 is 27.4 Å². The summed E-state index contributed by atoms with van der Waals surface area (Å²) in [6.07, 6.45) is 3.56. The van der Waals surface area contributed by atoms with Crippen LogP contribution in [0, 0.1) is 0 Å². The van der Waals surface area contributed by atoms with Crippen LogP contribution in [0.15, 0.2) is 59.9 Å². The van der Waals surface area contributed by atoms with Gasteiger partial charge in [0.05, 0.1) is 51.1 Å². The molecule has 1 fully saturated rings. The first-order valence-electron chi connectivity index (χ1n) is 13.0. The van der Waals surface area contributed by atoms with Crippen LogP contribution in [0.1, 0.15) is 24.1 Å². The second-order valence-electron chi connectivity index (χ2n) is 9.46. The first-order valence-corrected chi connectivity index (χ1v) is 15.1. The lowest BCUT2D eigenvalue weighted by atomic mass is 10.2. The van der Waals surface area contributed by atoms with Gasteiger partial charge in [-0.25, -0.2) is 13.4 Å². The zero-order valence-corrected chi connectivity index (χ0v) is 24.7. The number of imidazole rings is 1. The summed E-state index contributed by atoms with van der Waals surface area (Å²) >= 11 is 5.82. The normalized spacial score (nSPS) is 15.1. The van der Waals surface area contributed by atoms with Crippen molar-refractivity contribution in [1.29, 1.82) is 0 Å². The number of methoxy groups -OCH3 is 3. The molecule has 0 saturated carbocycles. The van der Waals surface area contributed by atoms with Crippen molar-refractivity contribution in [3.05, 3.63) is 66.0 Å². The lowest BCUT2D eigenvalue weighted by Crippen LogP contribution is -2.40. The maximum absolute atomic E-state index is 13.5. The van der Waals surface area contributed by atoms with Crippen molar-refractivity contribution in [1.82, 2.24) is 14.5 Å². The fourth-order valence-corrected chi connectivity index (χ4v) is 6.32. The molecule has 1 atom stereocenters. The van der Waals surface area contributed by atoms with Gasteiger partial charge in [0.15, 0.2) is 5.11 Å². The molecule has 1 aliphatic rings. The summed E-state index contributed by atoms with van der Waals surface area (Å²) in [5.74, 6) is 1.14. The zero-order valence-electron chi connectivity index (χ0n) is 23.0. The van der Waals surface area contributed by atoms with Gasteiger partial charge in [-0.3, -0.25) is 0 Å². The average molecular weight is 589 g/mol. The third kappa shape index (κ3) is 7.72. The van der Waals surface area contributed by atoms with Gasteiger partial charge in [-0.2, -0.15) is 0 Å². The van der Waals surface area contributed by atoms with Crippen LogP contribution < -0.4 is 14.8 Å². The van der Waals surface area contributed by atoms with Gasteiger partial charge < -0.3 is 33.7 Å². The number of ether oxygens (including phenoxy) is 4. The van der Waals surface area contributed by atoms with E-state index < -0.39 is 9.84 Å². The van der Waals surface area contributed by atoms with E-state index in [1.165, 1.54) is 0 Å². The van der Waals surface area contributed by atoms with Gasteiger partial charge in [0.1, 0.15) is 11.5 Å². The van der Waals surface area contributed by atoms with Crippen LogP contribution in [-0.2, 0) is 38.2 Å². The summed E-state index contributed by atoms with van der Waals surface area (Å²) in [5.41, 5.74) is 2.14. The van der Waals surface area contributed by atoms with E-state index in [2.05, 4.69) is 10.3 Å². The summed E-state index contributed by atoms with van der Waals surface area (Å²) in [4.78, 5) is 6.37. The van der Waals surface area contributed by atoms with E-state index in [-0.39, 0.29) is 17.0 Å². The lowest BCUT2D eigenvalue weighted by Gasteiger charge is -2.28. The summed E-state index contributed by atoms with van der Waals surface area (Å²) in [5, 5.41) is 3.79. The van der Waals surface area contributed by atoms with Crippen LogP contribution in [0.4, 0.5) is 5.69 Å². The fourth-order valence-electron chi connectivity index (χ4n) is 4.56. The topological polar surface area (TPSA) is 104 Å². The molecule has 0 amide bonds. The molecule has 2 aromatic carbocycles. The molecule has 4 rings (SSSR count). The van der Waals surface area contributed by atoms with Gasteiger partial charge in [0, 0.05) is 32.5 Å². The Morgan fingerprint density at radius 1 is 1.15 bits per heavy atom. The molecular formula is C28H36N4O6S2. The monoisotopic (exact) mass is 588 g/mol. The molecule has 1 aromatic heterocycles. The second kappa shape index (κ2) is 13.9. The fraction of sp³-hybridized carbons (Fsp3) is 0.429. The molecule has 0 unspecified atom stereocenters. The van der Waals surface area contributed by atoms with Gasteiger partial charge in [0.25, 0.3) is 0 Å². The minimum atomic E-state index is -3.77. The van der Waals surface area contributed by atoms with E-state index in [9.17, 15) is 8.42 Å². The van der Waals surface area contributed by atoms with E-state index >= 15 is 0 Å². The summed E-state index contributed by atoms with van der Waals surface area (Å²) < 4.78 is 50.5. The van der Waals surface area contributed by atoms with Gasteiger partial charge in [0.2, 0.25) is 15.0 Å². The van der Waals surface area contributed by atoms with Crippen molar-refractivity contribution in [2.75, 3.05) is 46.4 Å². The molecule has 1 aliphatic heterocycles. The van der Waals surface area contributed by atoms with Crippen molar-refractivity contribution in [3.8, 4) is 11.5 Å². The molecule has 40 heavy (non-hydrogen) atoms. The number of hydrogen-bond acceptors (Lipinski definition) is 8. The van der Waals surface area contributed by atoms with Gasteiger partial charge in [-0.15, -0.1) is 0 Å². The Kier molecular flexibility index (Phi) is 10.4. The predicted molar refractivity (Wildman–Crippen MR) is 157 cm³/mol. The van der Waals surface area contributed by atoms with E-state index in [4.69, 9.17) is 31.2 Å². The Morgan fingerprint density at radius 2 is 1.93 bits per heavy atom. The van der Waals surface area contributed by atoms with E-state index in [0.29, 0.717) is 48.4 Å². The largest absolute Gasteiger partial charge is 0.497 e. The van der Waals surface area contributed by atoms with Crippen LogP contribution in [0.2, 0.25) is 0 Å². The minimum absolute atomic E-state index is 0.00605. The SMILES string of the molecule is COCCn1c(CN(C[C@@H]2CCCO2)C(=S)Nc2ccc(OC)cc2)cnc1S(=O)(=O)Cc1cccc(OC)c1. The van der Waals surface area contributed by atoms with Crippen molar-refractivity contribution in [2.24, 2.45) is 0 Å². The summed E-state index contributed by atoms with van der Waals surface area (Å²) in [7, 11) is 0.976.